The van der Waals surface area contributed by atoms with Crippen molar-refractivity contribution in [2.45, 2.75) is 26.9 Å². The second kappa shape index (κ2) is 22.1. The summed E-state index contributed by atoms with van der Waals surface area (Å²) in [6.45, 7) is 5.10. The molecule has 6 aromatic carbocycles. The number of halogens is 4. The second-order valence-corrected chi connectivity index (χ2v) is 9.92. The molecule has 0 saturated heterocycles. The van der Waals surface area contributed by atoms with Crippen molar-refractivity contribution in [3.8, 4) is 0 Å². The van der Waals surface area contributed by atoms with Crippen LogP contribution < -0.4 is 21.7 Å². The van der Waals surface area contributed by atoms with Gasteiger partial charge in [0.2, 0.25) is 0 Å². The Balaban J connectivity index is 0.000000248. The summed E-state index contributed by atoms with van der Waals surface area (Å²) in [6.07, 6.45) is 0. The Kier molecular flexibility index (Phi) is 18.2. The maximum absolute atomic E-state index is 13.2. The van der Waals surface area contributed by atoms with E-state index in [4.69, 9.17) is 0 Å². The summed E-state index contributed by atoms with van der Waals surface area (Å²) in [5, 5.41) is 0. The van der Waals surface area contributed by atoms with Crippen LogP contribution in [0.4, 0.5) is 28.9 Å². The first-order valence-electron chi connectivity index (χ1n) is 14.5. The van der Waals surface area contributed by atoms with Gasteiger partial charge in [-0.2, -0.15) is 36.4 Å². The van der Waals surface area contributed by atoms with E-state index in [9.17, 15) is 17.6 Å². The fourth-order valence-corrected chi connectivity index (χ4v) is 3.62. The van der Waals surface area contributed by atoms with Gasteiger partial charge >= 0.3 is 21.7 Å². The molecule has 0 aromatic heterocycles. The summed E-state index contributed by atoms with van der Waals surface area (Å²) in [5.41, 5.74) is 15.9. The molecule has 9 heteroatoms. The Morgan fingerprint density at radius 2 is 0.851 bits per heavy atom. The molecule has 0 bridgehead atoms. The normalized spacial score (nSPS) is 9.66. The van der Waals surface area contributed by atoms with Crippen molar-refractivity contribution >= 4 is 11.4 Å². The van der Waals surface area contributed by atoms with Crippen molar-refractivity contribution in [2.75, 3.05) is 10.9 Å². The Morgan fingerprint density at radius 3 is 1.13 bits per heavy atom. The van der Waals surface area contributed by atoms with Crippen LogP contribution in [-0.4, -0.2) is 0 Å². The van der Waals surface area contributed by atoms with Gasteiger partial charge in [-0.25, -0.2) is 52.7 Å². The summed E-state index contributed by atoms with van der Waals surface area (Å²) in [4.78, 5) is 0. The van der Waals surface area contributed by atoms with E-state index in [0.717, 1.165) is 23.3 Å². The second-order valence-electron chi connectivity index (χ2n) is 9.92. The van der Waals surface area contributed by atoms with Gasteiger partial charge in [-0.1, -0.05) is 59.7 Å². The molecule has 6 aromatic rings. The van der Waals surface area contributed by atoms with E-state index in [1.165, 1.54) is 23.3 Å². The first kappa shape index (κ1) is 38.7. The summed E-state index contributed by atoms with van der Waals surface area (Å²) in [6, 6.07) is 44.8. The fourth-order valence-electron chi connectivity index (χ4n) is 3.62. The minimum atomic E-state index is -0.744. The smallest absolute Gasteiger partial charge is 0.372 e. The topological polar surface area (TPSA) is 48.1 Å². The van der Waals surface area contributed by atoms with Crippen LogP contribution in [0.5, 0.6) is 0 Å². The molecule has 0 unspecified atom stereocenters. The molecule has 0 atom stereocenters. The molecule has 0 spiro atoms. The first-order valence-corrected chi connectivity index (χ1v) is 14.5. The Morgan fingerprint density at radius 1 is 0.511 bits per heavy atom. The summed E-state index contributed by atoms with van der Waals surface area (Å²) in [5.74, 6) is -2.91. The molecule has 0 aliphatic heterocycles. The Labute approximate surface area is 289 Å². The monoisotopic (exact) mass is 672 g/mol. The molecule has 4 nitrogen and oxygen atoms in total. The van der Waals surface area contributed by atoms with Gasteiger partial charge in [0, 0.05) is 36.4 Å². The number of benzene rings is 4. The first-order chi connectivity index (χ1) is 22.3. The van der Waals surface area contributed by atoms with Crippen molar-refractivity contribution < 1.29 is 39.3 Å². The van der Waals surface area contributed by atoms with Crippen LogP contribution in [0.2, 0.25) is 0 Å². The van der Waals surface area contributed by atoms with Gasteiger partial charge in [0.05, 0.1) is 0 Å². The van der Waals surface area contributed by atoms with Crippen LogP contribution in [0.1, 0.15) is 22.3 Å². The summed E-state index contributed by atoms with van der Waals surface area (Å²) >= 11 is 0. The Hall–Kier alpha value is -4.47. The van der Waals surface area contributed by atoms with Gasteiger partial charge in [-0.15, -0.1) is 36.4 Å². The number of hydrogen-bond acceptors (Lipinski definition) is 4. The van der Waals surface area contributed by atoms with Gasteiger partial charge in [0.15, 0.2) is 0 Å². The molecule has 0 aliphatic carbocycles. The molecule has 0 radical (unpaired) electrons. The minimum absolute atomic E-state index is 0. The van der Waals surface area contributed by atoms with Crippen LogP contribution in [0, 0.1) is 49.2 Å². The van der Waals surface area contributed by atoms with E-state index >= 15 is 0 Å². The Bertz CT molecular complexity index is 1480. The van der Waals surface area contributed by atoms with Crippen molar-refractivity contribution in [3.63, 3.8) is 0 Å². The van der Waals surface area contributed by atoms with E-state index in [1.54, 1.807) is 0 Å². The predicted molar refractivity (Wildman–Crippen MR) is 178 cm³/mol. The van der Waals surface area contributed by atoms with Crippen LogP contribution in [0.25, 0.3) is 0 Å². The quantitative estimate of drug-likeness (QED) is 0.0564. The number of hydrogen-bond donors (Lipinski definition) is 4. The van der Waals surface area contributed by atoms with Crippen molar-refractivity contribution in [1.29, 1.82) is 0 Å². The molecule has 0 heterocycles. The zero-order chi connectivity index (χ0) is 33.0. The third-order valence-corrected chi connectivity index (χ3v) is 6.11. The molecule has 0 fully saturated rings. The van der Waals surface area contributed by atoms with Crippen LogP contribution >= 0.6 is 0 Å². The molecule has 240 valence electrons. The van der Waals surface area contributed by atoms with Gasteiger partial charge in [0.25, 0.3) is 0 Å². The fraction of sp³-hybridized carbons (Fsp3) is 0.105. The van der Waals surface area contributed by atoms with E-state index in [2.05, 4.69) is 21.7 Å². The summed E-state index contributed by atoms with van der Waals surface area (Å²) < 4.78 is 51.7. The van der Waals surface area contributed by atoms with Crippen molar-refractivity contribution in [3.05, 3.63) is 191 Å². The molecule has 6 rings (SSSR count). The van der Waals surface area contributed by atoms with Gasteiger partial charge in [0.1, 0.15) is 0 Å². The maximum Gasteiger partial charge on any atom is 4.00 e. The van der Waals surface area contributed by atoms with Gasteiger partial charge < -0.3 is 10.9 Å². The molecule has 47 heavy (non-hydrogen) atoms. The van der Waals surface area contributed by atoms with Gasteiger partial charge in [-0.05, 0) is 36.3 Å². The average Bonchev–Trinajstić information content (AvgIpc) is 3.82. The van der Waals surface area contributed by atoms with Crippen LogP contribution in [-0.2, 0) is 34.8 Å². The average molecular weight is 673 g/mol. The van der Waals surface area contributed by atoms with E-state index in [0.29, 0.717) is 13.1 Å². The molecule has 0 aliphatic rings. The van der Waals surface area contributed by atoms with Crippen molar-refractivity contribution in [2.24, 2.45) is 0 Å². The zero-order valence-electron chi connectivity index (χ0n) is 26.1. The van der Waals surface area contributed by atoms with E-state index in [1.807, 2.05) is 135 Å². The predicted octanol–water partition coefficient (Wildman–Crippen LogP) is 9.19. The number of rotatable bonds is 8. The number of aryl methyl sites for hydroxylation is 2. The minimum Gasteiger partial charge on any atom is -0.372 e. The molecular weight excluding hydrogens is 636 g/mol. The number of hydrazine groups is 2. The maximum atomic E-state index is 13.2. The SMILES string of the molecule is Cc1ccc(CNNc2ccc(F)[c-]c2F)cc1.Cc1ccc(CNNc2ccc(F)[c-]c2F)cc1.[Ti+4].c1cc[cH-]c1.c1cc[cH-]c1. The molecule has 0 saturated carbocycles. The third-order valence-electron chi connectivity index (χ3n) is 6.11. The van der Waals surface area contributed by atoms with Crippen LogP contribution in [0.15, 0.2) is 133 Å². The molecule has 4 N–H and O–H groups in total. The molecule has 0 amide bonds. The van der Waals surface area contributed by atoms with Gasteiger partial charge in [-0.3, -0.25) is 0 Å². The standard InChI is InChI=1S/2C14H13F2N2.2C5H5.Ti/c2*1-10-2-4-11(5-3-10)9-17-18-14-7-6-12(15)8-13(14)16;2*1-2-4-5-3-1;/h2*2-7,17-18H,9H2,1H3;2*1-5H;/q4*-1;+4. The largest absolute Gasteiger partial charge is 4.00 e. The zero-order valence-corrected chi connectivity index (χ0v) is 27.7. The number of nitrogens with one attached hydrogen (secondary N) is 4. The number of anilines is 2. The summed E-state index contributed by atoms with van der Waals surface area (Å²) in [7, 11) is 0. The van der Waals surface area contributed by atoms with Crippen LogP contribution in [0.3, 0.4) is 0 Å². The molecular formula is C38H36F4N4Ti. The van der Waals surface area contributed by atoms with Crippen molar-refractivity contribution in [1.82, 2.24) is 10.9 Å². The third kappa shape index (κ3) is 16.1. The van der Waals surface area contributed by atoms with E-state index in [-0.39, 0.29) is 33.1 Å². The van der Waals surface area contributed by atoms with E-state index < -0.39 is 23.3 Å².